The van der Waals surface area contributed by atoms with Gasteiger partial charge in [-0.1, -0.05) is 11.6 Å². The van der Waals surface area contributed by atoms with E-state index in [1.165, 1.54) is 36.1 Å². The van der Waals surface area contributed by atoms with Gasteiger partial charge in [0, 0.05) is 31.6 Å². The monoisotopic (exact) mass is 416 g/mol. The van der Waals surface area contributed by atoms with E-state index in [9.17, 15) is 21.6 Å². The zero-order valence-electron chi connectivity index (χ0n) is 14.2. The first kappa shape index (κ1) is 20.2. The Labute approximate surface area is 157 Å². The summed E-state index contributed by atoms with van der Waals surface area (Å²) in [5, 5.41) is -0.0992. The van der Waals surface area contributed by atoms with Crippen molar-refractivity contribution in [2.75, 3.05) is 22.9 Å². The predicted octanol–water partition coefficient (Wildman–Crippen LogP) is 2.53. The highest BCUT2D eigenvalue weighted by atomic mass is 35.5. The standard InChI is InChI=1S/C16H17ClN2O5S2/c1-11(20)19(2)13-6-4-12(5-7-13)18-26(23,24)16-10-14(25(3,21)22)8-9-15(16)17/h4-10,18H,1-3H3. The minimum Gasteiger partial charge on any atom is -0.316 e. The highest BCUT2D eigenvalue weighted by Gasteiger charge is 2.21. The lowest BCUT2D eigenvalue weighted by atomic mass is 10.2. The molecule has 0 bridgehead atoms. The van der Waals surface area contributed by atoms with Gasteiger partial charge in [0.25, 0.3) is 10.0 Å². The second-order valence-corrected chi connectivity index (χ2v) is 9.67. The zero-order chi connectivity index (χ0) is 19.7. The molecule has 2 aromatic rings. The molecule has 26 heavy (non-hydrogen) atoms. The van der Waals surface area contributed by atoms with Crippen molar-refractivity contribution in [3.63, 3.8) is 0 Å². The molecule has 0 unspecified atom stereocenters. The molecule has 0 saturated heterocycles. The molecule has 2 aromatic carbocycles. The minimum absolute atomic E-state index is 0.0992. The fraction of sp³-hybridized carbons (Fsp3) is 0.188. The van der Waals surface area contributed by atoms with Crippen molar-refractivity contribution in [1.29, 1.82) is 0 Å². The van der Waals surface area contributed by atoms with Gasteiger partial charge >= 0.3 is 0 Å². The number of amides is 1. The van der Waals surface area contributed by atoms with Gasteiger partial charge in [-0.2, -0.15) is 0 Å². The second kappa shape index (κ2) is 7.26. The van der Waals surface area contributed by atoms with E-state index in [-0.39, 0.29) is 26.4 Å². The molecular formula is C16H17ClN2O5S2. The fourth-order valence-corrected chi connectivity index (χ4v) is 4.37. The van der Waals surface area contributed by atoms with Gasteiger partial charge in [-0.15, -0.1) is 0 Å². The Morgan fingerprint density at radius 3 is 2.12 bits per heavy atom. The molecular weight excluding hydrogens is 400 g/mol. The molecule has 1 N–H and O–H groups in total. The lowest BCUT2D eigenvalue weighted by Gasteiger charge is -2.16. The van der Waals surface area contributed by atoms with Crippen molar-refractivity contribution in [1.82, 2.24) is 0 Å². The third-order valence-electron chi connectivity index (χ3n) is 3.60. The van der Waals surface area contributed by atoms with Crippen LogP contribution in [0.15, 0.2) is 52.3 Å². The molecule has 10 heteroatoms. The summed E-state index contributed by atoms with van der Waals surface area (Å²) in [5.74, 6) is -0.164. The summed E-state index contributed by atoms with van der Waals surface area (Å²) < 4.78 is 50.8. The third kappa shape index (κ3) is 4.54. The number of sulfone groups is 1. The summed E-state index contributed by atoms with van der Waals surface area (Å²) >= 11 is 5.94. The Balaban J connectivity index is 2.36. The van der Waals surface area contributed by atoms with Crippen molar-refractivity contribution in [3.8, 4) is 0 Å². The summed E-state index contributed by atoms with van der Waals surface area (Å²) in [6.07, 6.45) is 0.977. The van der Waals surface area contributed by atoms with Gasteiger partial charge in [0.15, 0.2) is 9.84 Å². The second-order valence-electron chi connectivity index (χ2n) is 5.59. The highest BCUT2D eigenvalue weighted by Crippen LogP contribution is 2.27. The van der Waals surface area contributed by atoms with Gasteiger partial charge in [-0.3, -0.25) is 9.52 Å². The molecule has 0 aliphatic carbocycles. The van der Waals surface area contributed by atoms with Crippen LogP contribution in [0.3, 0.4) is 0 Å². The van der Waals surface area contributed by atoms with Crippen molar-refractivity contribution in [2.24, 2.45) is 0 Å². The molecule has 7 nitrogen and oxygen atoms in total. The summed E-state index contributed by atoms with van der Waals surface area (Å²) in [6.45, 7) is 1.41. The van der Waals surface area contributed by atoms with Crippen LogP contribution in [-0.4, -0.2) is 36.0 Å². The molecule has 0 aliphatic heterocycles. The van der Waals surface area contributed by atoms with Crippen LogP contribution in [0.2, 0.25) is 5.02 Å². The molecule has 0 atom stereocenters. The molecule has 0 aromatic heterocycles. The summed E-state index contributed by atoms with van der Waals surface area (Å²) in [7, 11) is -6.09. The van der Waals surface area contributed by atoms with E-state index in [1.807, 2.05) is 0 Å². The Kier molecular flexibility index (Phi) is 5.64. The van der Waals surface area contributed by atoms with Gasteiger partial charge in [0.05, 0.1) is 9.92 Å². The largest absolute Gasteiger partial charge is 0.316 e. The maximum atomic E-state index is 12.6. The molecule has 2 rings (SSSR count). The van der Waals surface area contributed by atoms with E-state index >= 15 is 0 Å². The lowest BCUT2D eigenvalue weighted by Crippen LogP contribution is -2.22. The molecule has 0 aliphatic rings. The average molecular weight is 417 g/mol. The van der Waals surface area contributed by atoms with Crippen LogP contribution in [0.1, 0.15) is 6.92 Å². The summed E-state index contributed by atoms with van der Waals surface area (Å²) in [4.78, 5) is 12.3. The van der Waals surface area contributed by atoms with Crippen LogP contribution in [0.5, 0.6) is 0 Å². The number of sulfonamides is 1. The number of benzene rings is 2. The van der Waals surface area contributed by atoms with Gasteiger partial charge in [-0.05, 0) is 42.5 Å². The van der Waals surface area contributed by atoms with Crippen LogP contribution in [0.25, 0.3) is 0 Å². The van der Waals surface area contributed by atoms with Gasteiger partial charge < -0.3 is 4.90 Å². The Morgan fingerprint density at radius 2 is 1.62 bits per heavy atom. The third-order valence-corrected chi connectivity index (χ3v) is 6.57. The first-order valence-corrected chi connectivity index (χ1v) is 11.0. The molecule has 140 valence electrons. The topological polar surface area (TPSA) is 101 Å². The maximum absolute atomic E-state index is 12.6. The number of nitrogens with one attached hydrogen (secondary N) is 1. The van der Waals surface area contributed by atoms with E-state index in [0.717, 1.165) is 12.3 Å². The van der Waals surface area contributed by atoms with Crippen molar-refractivity contribution in [2.45, 2.75) is 16.7 Å². The fourth-order valence-electron chi connectivity index (χ4n) is 2.07. The molecule has 0 spiro atoms. The SMILES string of the molecule is CC(=O)N(C)c1ccc(NS(=O)(=O)c2cc(S(C)(=O)=O)ccc2Cl)cc1. The molecule has 1 amide bonds. The normalized spacial score (nSPS) is 11.8. The van der Waals surface area contributed by atoms with E-state index in [4.69, 9.17) is 11.6 Å². The quantitative estimate of drug-likeness (QED) is 0.807. The molecule has 0 heterocycles. The molecule has 0 saturated carbocycles. The number of carbonyl (C=O) groups is 1. The van der Waals surface area contributed by atoms with Crippen LogP contribution in [-0.2, 0) is 24.7 Å². The lowest BCUT2D eigenvalue weighted by molar-refractivity contribution is -0.116. The number of carbonyl (C=O) groups excluding carboxylic acids is 1. The summed E-state index contributed by atoms with van der Waals surface area (Å²) in [6, 6.07) is 9.60. The number of nitrogens with zero attached hydrogens (tertiary/aromatic N) is 1. The first-order chi connectivity index (χ1) is 11.9. The van der Waals surface area contributed by atoms with E-state index in [2.05, 4.69) is 4.72 Å². The van der Waals surface area contributed by atoms with Crippen LogP contribution in [0.4, 0.5) is 11.4 Å². The number of hydrogen-bond donors (Lipinski definition) is 1. The number of rotatable bonds is 5. The highest BCUT2D eigenvalue weighted by molar-refractivity contribution is 7.93. The van der Waals surface area contributed by atoms with E-state index in [0.29, 0.717) is 5.69 Å². The van der Waals surface area contributed by atoms with Crippen LogP contribution < -0.4 is 9.62 Å². The molecule has 0 fully saturated rings. The Hall–Kier alpha value is -2.10. The van der Waals surface area contributed by atoms with Crippen molar-refractivity contribution >= 4 is 48.7 Å². The smallest absolute Gasteiger partial charge is 0.263 e. The van der Waals surface area contributed by atoms with Crippen LogP contribution >= 0.6 is 11.6 Å². The van der Waals surface area contributed by atoms with Crippen LogP contribution in [0, 0.1) is 0 Å². The number of halogens is 1. The predicted molar refractivity (Wildman–Crippen MR) is 101 cm³/mol. The number of anilines is 2. The average Bonchev–Trinajstić information content (AvgIpc) is 2.53. The van der Waals surface area contributed by atoms with Gasteiger partial charge in [-0.25, -0.2) is 16.8 Å². The van der Waals surface area contributed by atoms with Crippen molar-refractivity contribution in [3.05, 3.63) is 47.5 Å². The number of hydrogen-bond acceptors (Lipinski definition) is 5. The van der Waals surface area contributed by atoms with E-state index in [1.54, 1.807) is 19.2 Å². The Bertz CT molecular complexity index is 1050. The summed E-state index contributed by atoms with van der Waals surface area (Å²) in [5.41, 5.74) is 0.837. The zero-order valence-corrected chi connectivity index (χ0v) is 16.6. The molecule has 0 radical (unpaired) electrons. The maximum Gasteiger partial charge on any atom is 0.263 e. The van der Waals surface area contributed by atoms with E-state index < -0.39 is 19.9 Å². The first-order valence-electron chi connectivity index (χ1n) is 7.28. The van der Waals surface area contributed by atoms with Gasteiger partial charge in [0.2, 0.25) is 5.91 Å². The van der Waals surface area contributed by atoms with Crippen molar-refractivity contribution < 1.29 is 21.6 Å². The van der Waals surface area contributed by atoms with Gasteiger partial charge in [0.1, 0.15) is 4.90 Å². The minimum atomic E-state index is -4.10. The Morgan fingerprint density at radius 1 is 1.04 bits per heavy atom.